The summed E-state index contributed by atoms with van der Waals surface area (Å²) >= 11 is 0. The Morgan fingerprint density at radius 1 is 1.05 bits per heavy atom. The lowest BCUT2D eigenvalue weighted by molar-refractivity contribution is 0.102. The zero-order valence-corrected chi connectivity index (χ0v) is 19.8. The number of aryl methyl sites for hydroxylation is 2. The molecule has 0 bridgehead atoms. The first-order valence-electron chi connectivity index (χ1n) is 10.7. The van der Waals surface area contributed by atoms with Gasteiger partial charge in [-0.1, -0.05) is 5.21 Å². The van der Waals surface area contributed by atoms with Crippen molar-refractivity contribution in [2.45, 2.75) is 13.0 Å². The first-order valence-corrected chi connectivity index (χ1v) is 10.7. The SMILES string of the molecule is C[C@@H](OC(=O)Nc1c(-c2ccc(NC(=O)c3ccc(=O)n(C)c3)cn2)nnn1C)c1cc(F)cnc1F. The third kappa shape index (κ3) is 5.63. The van der Waals surface area contributed by atoms with Crippen LogP contribution in [0.3, 0.4) is 0 Å². The third-order valence-corrected chi connectivity index (χ3v) is 5.21. The molecule has 0 aliphatic carbocycles. The number of nitrogens with zero attached hydrogens (tertiary/aromatic N) is 6. The molecule has 0 aliphatic heterocycles. The number of carbonyl (C=O) groups excluding carboxylic acids is 2. The second kappa shape index (κ2) is 10.3. The summed E-state index contributed by atoms with van der Waals surface area (Å²) in [5, 5.41) is 13.0. The number of ether oxygens (including phenoxy) is 1. The monoisotopic (exact) mass is 510 g/mol. The lowest BCUT2D eigenvalue weighted by Gasteiger charge is -2.15. The molecule has 12 nitrogen and oxygen atoms in total. The fourth-order valence-electron chi connectivity index (χ4n) is 3.28. The zero-order chi connectivity index (χ0) is 26.7. The van der Waals surface area contributed by atoms with Gasteiger partial charge in [0.25, 0.3) is 5.91 Å². The van der Waals surface area contributed by atoms with Gasteiger partial charge in [-0.3, -0.25) is 19.9 Å². The first kappa shape index (κ1) is 25.1. The van der Waals surface area contributed by atoms with Gasteiger partial charge < -0.3 is 14.6 Å². The Morgan fingerprint density at radius 3 is 2.54 bits per heavy atom. The molecule has 4 aromatic heterocycles. The summed E-state index contributed by atoms with van der Waals surface area (Å²) in [6, 6.07) is 6.71. The molecule has 0 aromatic carbocycles. The highest BCUT2D eigenvalue weighted by molar-refractivity contribution is 6.04. The highest BCUT2D eigenvalue weighted by atomic mass is 19.1. The minimum absolute atomic E-state index is 0.129. The van der Waals surface area contributed by atoms with Crippen LogP contribution in [-0.4, -0.2) is 41.5 Å². The van der Waals surface area contributed by atoms with Crippen LogP contribution in [0.25, 0.3) is 11.4 Å². The molecule has 0 fully saturated rings. The minimum atomic E-state index is -1.14. The average Bonchev–Trinajstić information content (AvgIpc) is 3.22. The summed E-state index contributed by atoms with van der Waals surface area (Å²) < 4.78 is 35.0. The Kier molecular flexibility index (Phi) is 6.99. The molecule has 0 saturated carbocycles. The largest absolute Gasteiger partial charge is 0.441 e. The van der Waals surface area contributed by atoms with Gasteiger partial charge in [-0.25, -0.2) is 18.9 Å². The van der Waals surface area contributed by atoms with Gasteiger partial charge in [0.05, 0.1) is 34.9 Å². The third-order valence-electron chi connectivity index (χ3n) is 5.21. The van der Waals surface area contributed by atoms with E-state index in [0.29, 0.717) is 17.6 Å². The summed E-state index contributed by atoms with van der Waals surface area (Å²) in [4.78, 5) is 43.9. The fraction of sp³-hybridized carbons (Fsp3) is 0.174. The highest BCUT2D eigenvalue weighted by Gasteiger charge is 2.21. The van der Waals surface area contributed by atoms with Crippen LogP contribution in [0.1, 0.15) is 28.9 Å². The van der Waals surface area contributed by atoms with Crippen molar-refractivity contribution in [2.75, 3.05) is 10.6 Å². The fourth-order valence-corrected chi connectivity index (χ4v) is 3.28. The van der Waals surface area contributed by atoms with Crippen molar-refractivity contribution in [2.24, 2.45) is 14.1 Å². The molecule has 4 heterocycles. The zero-order valence-electron chi connectivity index (χ0n) is 19.8. The van der Waals surface area contributed by atoms with E-state index < -0.39 is 29.9 Å². The molecule has 0 radical (unpaired) electrons. The van der Waals surface area contributed by atoms with Crippen molar-refractivity contribution in [3.63, 3.8) is 0 Å². The number of nitrogens with one attached hydrogen (secondary N) is 2. The maximum Gasteiger partial charge on any atom is 0.413 e. The summed E-state index contributed by atoms with van der Waals surface area (Å²) in [7, 11) is 3.06. The van der Waals surface area contributed by atoms with Crippen molar-refractivity contribution >= 4 is 23.5 Å². The average molecular weight is 510 g/mol. The molecule has 1 atom stereocenters. The van der Waals surface area contributed by atoms with Crippen LogP contribution in [0.5, 0.6) is 0 Å². The number of rotatable bonds is 6. The summed E-state index contributed by atoms with van der Waals surface area (Å²) in [6.45, 7) is 1.37. The van der Waals surface area contributed by atoms with E-state index in [1.807, 2.05) is 0 Å². The van der Waals surface area contributed by atoms with E-state index in [-0.39, 0.29) is 28.2 Å². The smallest absolute Gasteiger partial charge is 0.413 e. The van der Waals surface area contributed by atoms with Gasteiger partial charge in [0.1, 0.15) is 11.9 Å². The molecule has 4 rings (SSSR count). The van der Waals surface area contributed by atoms with Gasteiger partial charge in [0.15, 0.2) is 11.5 Å². The Balaban J connectivity index is 1.46. The predicted octanol–water partition coefficient (Wildman–Crippen LogP) is 2.81. The lowest BCUT2D eigenvalue weighted by Crippen LogP contribution is -2.19. The maximum atomic E-state index is 13.9. The number of carbonyl (C=O) groups is 2. The molecule has 2 N–H and O–H groups in total. The van der Waals surface area contributed by atoms with Gasteiger partial charge in [-0.2, -0.15) is 4.39 Å². The molecular formula is C23H20F2N8O4. The summed E-state index contributed by atoms with van der Waals surface area (Å²) in [5.41, 5.74) is 0.703. The predicted molar refractivity (Wildman–Crippen MR) is 127 cm³/mol. The van der Waals surface area contributed by atoms with Gasteiger partial charge >= 0.3 is 6.09 Å². The van der Waals surface area contributed by atoms with E-state index in [2.05, 4.69) is 30.9 Å². The lowest BCUT2D eigenvalue weighted by atomic mass is 10.2. The molecule has 4 aromatic rings. The number of pyridine rings is 3. The molecule has 37 heavy (non-hydrogen) atoms. The molecule has 190 valence electrons. The number of hydrogen-bond donors (Lipinski definition) is 2. The summed E-state index contributed by atoms with van der Waals surface area (Å²) in [6.07, 6.45) is 1.41. The van der Waals surface area contributed by atoms with Crippen LogP contribution in [0, 0.1) is 11.8 Å². The Morgan fingerprint density at radius 2 is 1.84 bits per heavy atom. The van der Waals surface area contributed by atoms with Crippen LogP contribution in [0.2, 0.25) is 0 Å². The van der Waals surface area contributed by atoms with Crippen LogP contribution in [0.4, 0.5) is 25.1 Å². The molecule has 0 aliphatic rings. The second-order valence-corrected chi connectivity index (χ2v) is 7.87. The van der Waals surface area contributed by atoms with Crippen molar-refractivity contribution < 1.29 is 23.1 Å². The van der Waals surface area contributed by atoms with Gasteiger partial charge in [-0.05, 0) is 31.2 Å². The van der Waals surface area contributed by atoms with Crippen LogP contribution in [0.15, 0.2) is 53.7 Å². The number of aromatic nitrogens is 6. The number of hydrogen-bond acceptors (Lipinski definition) is 8. The Hall–Kier alpha value is -5.01. The van der Waals surface area contributed by atoms with Crippen molar-refractivity contribution in [1.29, 1.82) is 0 Å². The number of anilines is 2. The highest BCUT2D eigenvalue weighted by Crippen LogP contribution is 2.26. The molecule has 0 saturated heterocycles. The van der Waals surface area contributed by atoms with Crippen LogP contribution < -0.4 is 16.2 Å². The quantitative estimate of drug-likeness (QED) is 0.377. The standard InChI is InChI=1S/C23H20F2N8O4/c1-12(16-8-14(24)9-27-20(16)25)37-23(36)29-21-19(30-31-33(21)3)17-6-5-15(10-26-17)28-22(35)13-4-7-18(34)32(2)11-13/h4-12H,1-3H3,(H,28,35)(H,29,36)/t12-/m1/s1. The van der Waals surface area contributed by atoms with E-state index >= 15 is 0 Å². The van der Waals surface area contributed by atoms with Crippen LogP contribution >= 0.6 is 0 Å². The minimum Gasteiger partial charge on any atom is -0.441 e. The van der Waals surface area contributed by atoms with Crippen LogP contribution in [-0.2, 0) is 18.8 Å². The van der Waals surface area contributed by atoms with Gasteiger partial charge in [0, 0.05) is 26.4 Å². The molecule has 14 heteroatoms. The van der Waals surface area contributed by atoms with E-state index in [1.54, 1.807) is 12.1 Å². The normalized spacial score (nSPS) is 11.6. The van der Waals surface area contributed by atoms with Crippen molar-refractivity contribution in [3.05, 3.63) is 82.2 Å². The van der Waals surface area contributed by atoms with Gasteiger partial charge in [0.2, 0.25) is 11.5 Å². The number of halogens is 2. The van der Waals surface area contributed by atoms with Gasteiger partial charge in [-0.15, -0.1) is 5.10 Å². The van der Waals surface area contributed by atoms with E-state index in [0.717, 1.165) is 6.07 Å². The van der Waals surface area contributed by atoms with Crippen molar-refractivity contribution in [1.82, 2.24) is 29.5 Å². The Bertz CT molecular complexity index is 1530. The first-order chi connectivity index (χ1) is 17.6. The summed E-state index contributed by atoms with van der Waals surface area (Å²) in [5.74, 6) is -2.04. The number of amides is 2. The van der Waals surface area contributed by atoms with E-state index in [1.165, 1.54) is 54.8 Å². The molecule has 0 unspecified atom stereocenters. The van der Waals surface area contributed by atoms with Crippen molar-refractivity contribution in [3.8, 4) is 11.4 Å². The molecule has 2 amide bonds. The topological polar surface area (TPSA) is 146 Å². The Labute approximate surface area is 207 Å². The van der Waals surface area contributed by atoms with E-state index in [4.69, 9.17) is 4.74 Å². The van der Waals surface area contributed by atoms with E-state index in [9.17, 15) is 23.2 Å². The maximum absolute atomic E-state index is 13.9. The molecule has 0 spiro atoms. The molecular weight excluding hydrogens is 490 g/mol. The second-order valence-electron chi connectivity index (χ2n) is 7.87.